The van der Waals surface area contributed by atoms with Crippen LogP contribution in [0.1, 0.15) is 18.1 Å². The minimum atomic E-state index is -0.395. The summed E-state index contributed by atoms with van der Waals surface area (Å²) in [5.74, 6) is 2.17. The van der Waals surface area contributed by atoms with Gasteiger partial charge >= 0.3 is 0 Å². The van der Waals surface area contributed by atoms with E-state index < -0.39 is 4.92 Å². The van der Waals surface area contributed by atoms with E-state index in [-0.39, 0.29) is 5.69 Å². The molecule has 1 aromatic heterocycles. The van der Waals surface area contributed by atoms with Crippen molar-refractivity contribution in [1.82, 2.24) is 14.8 Å². The maximum atomic E-state index is 10.9. The number of rotatable bonds is 8. The summed E-state index contributed by atoms with van der Waals surface area (Å²) >= 11 is 1.53. The van der Waals surface area contributed by atoms with Crippen molar-refractivity contribution in [3.05, 3.63) is 94.0 Å². The molecule has 0 aliphatic heterocycles. The van der Waals surface area contributed by atoms with Gasteiger partial charge in [-0.25, -0.2) is 0 Å². The Kier molecular flexibility index (Phi) is 6.51. The Morgan fingerprint density at radius 2 is 1.78 bits per heavy atom. The molecule has 4 aromatic rings. The molecule has 0 atom stereocenters. The van der Waals surface area contributed by atoms with Gasteiger partial charge in [0.1, 0.15) is 5.75 Å². The zero-order chi connectivity index (χ0) is 22.5. The van der Waals surface area contributed by atoms with Gasteiger partial charge in [0.25, 0.3) is 5.69 Å². The Morgan fingerprint density at radius 3 is 2.44 bits per heavy atom. The lowest BCUT2D eigenvalue weighted by atomic mass is 10.1. The van der Waals surface area contributed by atoms with E-state index in [0.29, 0.717) is 12.4 Å². The third-order valence-corrected chi connectivity index (χ3v) is 5.83. The fourth-order valence-corrected chi connectivity index (χ4v) is 4.19. The largest absolute Gasteiger partial charge is 0.494 e. The van der Waals surface area contributed by atoms with Crippen LogP contribution >= 0.6 is 11.8 Å². The van der Waals surface area contributed by atoms with E-state index in [9.17, 15) is 10.1 Å². The summed E-state index contributed by atoms with van der Waals surface area (Å²) in [7, 11) is 0. The Balaban J connectivity index is 1.67. The number of hydrogen-bond acceptors (Lipinski definition) is 6. The number of benzene rings is 3. The maximum absolute atomic E-state index is 10.9. The second-order valence-electron chi connectivity index (χ2n) is 7.15. The molecule has 3 aromatic carbocycles. The lowest BCUT2D eigenvalue weighted by Crippen LogP contribution is -2.00. The van der Waals surface area contributed by atoms with Crippen molar-refractivity contribution in [3.8, 4) is 22.8 Å². The fourth-order valence-electron chi connectivity index (χ4n) is 3.29. The molecule has 0 aliphatic carbocycles. The molecule has 0 fully saturated rings. The van der Waals surface area contributed by atoms with Crippen molar-refractivity contribution < 1.29 is 9.66 Å². The molecule has 0 bridgehead atoms. The Hall–Kier alpha value is -3.65. The lowest BCUT2D eigenvalue weighted by Gasteiger charge is -2.12. The normalized spacial score (nSPS) is 10.8. The minimum absolute atomic E-state index is 0.0815. The number of ether oxygens (including phenoxy) is 1. The van der Waals surface area contributed by atoms with E-state index in [0.717, 1.165) is 39.1 Å². The Bertz CT molecular complexity index is 1220. The number of hydrogen-bond donors (Lipinski definition) is 0. The van der Waals surface area contributed by atoms with E-state index >= 15 is 0 Å². The van der Waals surface area contributed by atoms with Gasteiger partial charge in [0.15, 0.2) is 11.0 Å². The molecule has 0 spiro atoms. The summed E-state index contributed by atoms with van der Waals surface area (Å²) in [6, 6.07) is 22.6. The van der Waals surface area contributed by atoms with Gasteiger partial charge in [0.05, 0.1) is 11.5 Å². The van der Waals surface area contributed by atoms with Gasteiger partial charge in [-0.1, -0.05) is 47.7 Å². The van der Waals surface area contributed by atoms with E-state index in [1.54, 1.807) is 12.1 Å². The monoisotopic (exact) mass is 446 g/mol. The van der Waals surface area contributed by atoms with E-state index in [4.69, 9.17) is 4.74 Å². The molecular formula is C24H22N4O3S. The Morgan fingerprint density at radius 1 is 1.03 bits per heavy atom. The average Bonchev–Trinajstić information content (AvgIpc) is 3.23. The highest BCUT2D eigenvalue weighted by Gasteiger charge is 2.17. The molecule has 0 radical (unpaired) electrons. The minimum Gasteiger partial charge on any atom is -0.494 e. The van der Waals surface area contributed by atoms with Crippen LogP contribution in [0.25, 0.3) is 17.1 Å². The fraction of sp³-hybridized carbons (Fsp3) is 0.167. The number of thioether (sulfide) groups is 1. The summed E-state index contributed by atoms with van der Waals surface area (Å²) in [4.78, 5) is 10.5. The molecule has 8 heteroatoms. The van der Waals surface area contributed by atoms with Crippen LogP contribution in [0.15, 0.2) is 78.0 Å². The van der Waals surface area contributed by atoms with E-state index in [1.165, 1.54) is 23.9 Å². The highest BCUT2D eigenvalue weighted by Crippen LogP contribution is 2.31. The van der Waals surface area contributed by atoms with Crippen LogP contribution in [0, 0.1) is 17.0 Å². The number of nitro benzene ring substituents is 1. The third kappa shape index (κ3) is 4.81. The van der Waals surface area contributed by atoms with Crippen LogP contribution in [0.2, 0.25) is 0 Å². The first-order chi connectivity index (χ1) is 15.5. The maximum Gasteiger partial charge on any atom is 0.269 e. The number of aryl methyl sites for hydroxylation is 1. The van der Waals surface area contributed by atoms with Crippen LogP contribution in [0.3, 0.4) is 0 Å². The first-order valence-corrected chi connectivity index (χ1v) is 11.2. The van der Waals surface area contributed by atoms with Crippen LogP contribution in [-0.2, 0) is 5.75 Å². The zero-order valence-corrected chi connectivity index (χ0v) is 18.6. The van der Waals surface area contributed by atoms with Gasteiger partial charge in [-0.3, -0.25) is 14.7 Å². The molecule has 0 N–H and O–H groups in total. The summed E-state index contributed by atoms with van der Waals surface area (Å²) in [6.07, 6.45) is 0. The average molecular weight is 447 g/mol. The molecular weight excluding hydrogens is 424 g/mol. The van der Waals surface area contributed by atoms with Crippen molar-refractivity contribution in [2.75, 3.05) is 6.61 Å². The molecule has 7 nitrogen and oxygen atoms in total. The number of aromatic nitrogens is 3. The highest BCUT2D eigenvalue weighted by atomic mass is 32.2. The van der Waals surface area contributed by atoms with Crippen LogP contribution in [-0.4, -0.2) is 26.3 Å². The standard InChI is InChI=1S/C24H22N4O3S/c1-3-31-22-13-11-20(12-14-22)27-23(19-6-4-5-17(2)15-19)25-26-24(27)32-16-18-7-9-21(10-8-18)28(29)30/h4-15H,3,16H2,1-2H3. The topological polar surface area (TPSA) is 83.1 Å². The molecule has 1 heterocycles. The van der Waals surface area contributed by atoms with Crippen molar-refractivity contribution in [2.45, 2.75) is 24.8 Å². The van der Waals surface area contributed by atoms with Crippen molar-refractivity contribution in [2.24, 2.45) is 0 Å². The van der Waals surface area contributed by atoms with Gasteiger partial charge in [-0.05, 0) is 49.7 Å². The molecule has 0 amide bonds. The van der Waals surface area contributed by atoms with Gasteiger partial charge in [-0.15, -0.1) is 10.2 Å². The van der Waals surface area contributed by atoms with Gasteiger partial charge in [0, 0.05) is 29.1 Å². The summed E-state index contributed by atoms with van der Waals surface area (Å²) in [5, 5.41) is 20.6. The molecule has 0 saturated carbocycles. The number of nitrogens with zero attached hydrogens (tertiary/aromatic N) is 4. The van der Waals surface area contributed by atoms with Crippen LogP contribution < -0.4 is 4.74 Å². The first-order valence-electron chi connectivity index (χ1n) is 10.2. The van der Waals surface area contributed by atoms with Crippen LogP contribution in [0.5, 0.6) is 5.75 Å². The van der Waals surface area contributed by atoms with Crippen LogP contribution in [0.4, 0.5) is 5.69 Å². The summed E-state index contributed by atoms with van der Waals surface area (Å²) < 4.78 is 7.61. The molecule has 0 aliphatic rings. The smallest absolute Gasteiger partial charge is 0.269 e. The number of nitro groups is 1. The van der Waals surface area contributed by atoms with E-state index in [2.05, 4.69) is 16.3 Å². The van der Waals surface area contributed by atoms with Gasteiger partial charge < -0.3 is 4.74 Å². The zero-order valence-electron chi connectivity index (χ0n) is 17.8. The lowest BCUT2D eigenvalue weighted by molar-refractivity contribution is -0.384. The second-order valence-corrected chi connectivity index (χ2v) is 8.09. The van der Waals surface area contributed by atoms with Crippen molar-refractivity contribution in [3.63, 3.8) is 0 Å². The highest BCUT2D eigenvalue weighted by molar-refractivity contribution is 7.98. The molecule has 162 valence electrons. The molecule has 0 unspecified atom stereocenters. The molecule has 32 heavy (non-hydrogen) atoms. The van der Waals surface area contributed by atoms with Gasteiger partial charge in [0.2, 0.25) is 0 Å². The second kappa shape index (κ2) is 9.65. The summed E-state index contributed by atoms with van der Waals surface area (Å²) in [5.41, 5.74) is 4.11. The first kappa shape index (κ1) is 21.6. The summed E-state index contributed by atoms with van der Waals surface area (Å²) in [6.45, 7) is 4.61. The Labute approximate surface area is 190 Å². The van der Waals surface area contributed by atoms with Crippen molar-refractivity contribution >= 4 is 17.4 Å². The predicted molar refractivity (Wildman–Crippen MR) is 125 cm³/mol. The quantitative estimate of drug-likeness (QED) is 0.192. The van der Waals surface area contributed by atoms with Gasteiger partial charge in [-0.2, -0.15) is 0 Å². The SMILES string of the molecule is CCOc1ccc(-n2c(SCc3ccc([N+](=O)[O-])cc3)nnc2-c2cccc(C)c2)cc1. The predicted octanol–water partition coefficient (Wildman–Crippen LogP) is 5.84. The molecule has 4 rings (SSSR count). The van der Waals surface area contributed by atoms with E-state index in [1.807, 2.05) is 60.9 Å². The third-order valence-electron chi connectivity index (χ3n) is 4.83. The molecule has 0 saturated heterocycles. The van der Waals surface area contributed by atoms with Crippen molar-refractivity contribution in [1.29, 1.82) is 0 Å². The number of non-ortho nitro benzene ring substituents is 1.